The monoisotopic (exact) mass is 244 g/mol. The Morgan fingerprint density at radius 3 is 1.78 bits per heavy atom. The van der Waals surface area contributed by atoms with Gasteiger partial charge in [-0.15, -0.1) is 0 Å². The predicted molar refractivity (Wildman–Crippen MR) is 68.0 cm³/mol. The summed E-state index contributed by atoms with van der Waals surface area (Å²) in [6.45, 7) is 0. The molecular formula is C14H12O4. The van der Waals surface area contributed by atoms with Crippen molar-refractivity contribution < 1.29 is 19.8 Å². The molecule has 0 aromatic heterocycles. The van der Waals surface area contributed by atoms with Crippen LogP contribution in [-0.2, 0) is 9.59 Å². The number of benzene rings is 1. The molecule has 0 fully saturated rings. The summed E-state index contributed by atoms with van der Waals surface area (Å²) in [7, 11) is 0. The highest BCUT2D eigenvalue weighted by atomic mass is 16.4. The van der Waals surface area contributed by atoms with Gasteiger partial charge in [0.25, 0.3) is 0 Å². The van der Waals surface area contributed by atoms with E-state index < -0.39 is 11.9 Å². The fourth-order valence-electron chi connectivity index (χ4n) is 1.23. The third-order valence-corrected chi connectivity index (χ3v) is 1.97. The molecule has 18 heavy (non-hydrogen) atoms. The first kappa shape index (κ1) is 13.4. The van der Waals surface area contributed by atoms with E-state index in [0.717, 1.165) is 17.7 Å². The Hall–Kier alpha value is -2.62. The van der Waals surface area contributed by atoms with Crippen molar-refractivity contribution >= 4 is 18.0 Å². The quantitative estimate of drug-likeness (QED) is 0.616. The lowest BCUT2D eigenvalue weighted by molar-refractivity contribution is -0.132. The van der Waals surface area contributed by atoms with Crippen LogP contribution in [0, 0.1) is 0 Å². The molecule has 4 heteroatoms. The number of carbonyl (C=O) groups is 2. The van der Waals surface area contributed by atoms with E-state index in [0.29, 0.717) is 5.57 Å². The molecule has 0 aliphatic heterocycles. The van der Waals surface area contributed by atoms with Crippen molar-refractivity contribution in [3.8, 4) is 0 Å². The van der Waals surface area contributed by atoms with Crippen molar-refractivity contribution in [3.05, 3.63) is 65.8 Å². The minimum Gasteiger partial charge on any atom is -0.478 e. The molecule has 0 saturated heterocycles. The van der Waals surface area contributed by atoms with Gasteiger partial charge in [-0.05, 0) is 29.4 Å². The second-order valence-electron chi connectivity index (χ2n) is 3.40. The molecule has 0 atom stereocenters. The topological polar surface area (TPSA) is 74.6 Å². The smallest absolute Gasteiger partial charge is 0.328 e. The molecule has 1 aromatic carbocycles. The second kappa shape index (κ2) is 6.85. The van der Waals surface area contributed by atoms with Gasteiger partial charge in [0.15, 0.2) is 0 Å². The molecule has 1 rings (SSSR count). The molecule has 0 unspecified atom stereocenters. The van der Waals surface area contributed by atoms with E-state index >= 15 is 0 Å². The number of rotatable bonds is 5. The summed E-state index contributed by atoms with van der Waals surface area (Å²) in [4.78, 5) is 20.9. The van der Waals surface area contributed by atoms with Gasteiger partial charge in [0.1, 0.15) is 0 Å². The van der Waals surface area contributed by atoms with Crippen molar-refractivity contribution in [3.63, 3.8) is 0 Å². The standard InChI is InChI=1S/C14H12O4/c15-13(16)8-6-12(7-9-14(17)18)10-11-4-2-1-3-5-11/h1-10H,(H,15,16)(H,17,18). The van der Waals surface area contributed by atoms with Crippen molar-refractivity contribution in [1.29, 1.82) is 0 Å². The average molecular weight is 244 g/mol. The van der Waals surface area contributed by atoms with Crippen LogP contribution in [0.15, 0.2) is 60.2 Å². The Morgan fingerprint density at radius 1 is 0.833 bits per heavy atom. The van der Waals surface area contributed by atoms with Crippen molar-refractivity contribution in [2.75, 3.05) is 0 Å². The number of allylic oxidation sites excluding steroid dienone is 3. The first-order chi connectivity index (χ1) is 8.58. The van der Waals surface area contributed by atoms with Gasteiger partial charge in [-0.3, -0.25) is 0 Å². The van der Waals surface area contributed by atoms with E-state index in [1.165, 1.54) is 12.2 Å². The van der Waals surface area contributed by atoms with Gasteiger partial charge in [-0.2, -0.15) is 0 Å². The molecule has 0 amide bonds. The molecule has 0 spiro atoms. The van der Waals surface area contributed by atoms with Crippen LogP contribution in [0.4, 0.5) is 0 Å². The van der Waals surface area contributed by atoms with E-state index in [1.54, 1.807) is 6.08 Å². The first-order valence-corrected chi connectivity index (χ1v) is 5.16. The van der Waals surface area contributed by atoms with Crippen LogP contribution in [0.3, 0.4) is 0 Å². The number of hydrogen-bond acceptors (Lipinski definition) is 2. The fourth-order valence-corrected chi connectivity index (χ4v) is 1.23. The summed E-state index contributed by atoms with van der Waals surface area (Å²) in [6, 6.07) is 9.21. The second-order valence-corrected chi connectivity index (χ2v) is 3.40. The Bertz CT molecular complexity index is 484. The maximum absolute atomic E-state index is 10.4. The van der Waals surface area contributed by atoms with Gasteiger partial charge in [0.05, 0.1) is 0 Å². The summed E-state index contributed by atoms with van der Waals surface area (Å²) >= 11 is 0. The Kier molecular flexibility index (Phi) is 5.12. The fraction of sp³-hybridized carbons (Fsp3) is 0. The molecule has 0 radical (unpaired) electrons. The number of hydrogen-bond donors (Lipinski definition) is 2. The van der Waals surface area contributed by atoms with E-state index in [-0.39, 0.29) is 0 Å². The van der Waals surface area contributed by atoms with Crippen LogP contribution >= 0.6 is 0 Å². The zero-order valence-corrected chi connectivity index (χ0v) is 9.48. The lowest BCUT2D eigenvalue weighted by Crippen LogP contribution is -1.89. The maximum Gasteiger partial charge on any atom is 0.328 e. The number of aliphatic carboxylic acids is 2. The highest BCUT2D eigenvalue weighted by Gasteiger charge is 1.93. The molecule has 0 saturated carbocycles. The lowest BCUT2D eigenvalue weighted by Gasteiger charge is -1.95. The Morgan fingerprint density at radius 2 is 1.33 bits per heavy atom. The van der Waals surface area contributed by atoms with Crippen molar-refractivity contribution in [1.82, 2.24) is 0 Å². The SMILES string of the molecule is O=C(O)C=CC(C=CC(=O)O)=Cc1ccccc1. The molecule has 0 aliphatic carbocycles. The Balaban J connectivity index is 3.00. The third kappa shape index (κ3) is 5.46. The Labute approximate surface area is 104 Å². The van der Waals surface area contributed by atoms with Crippen molar-refractivity contribution in [2.24, 2.45) is 0 Å². The van der Waals surface area contributed by atoms with Gasteiger partial charge >= 0.3 is 11.9 Å². The van der Waals surface area contributed by atoms with Crippen molar-refractivity contribution in [2.45, 2.75) is 0 Å². The van der Waals surface area contributed by atoms with Gasteiger partial charge in [-0.25, -0.2) is 9.59 Å². The highest BCUT2D eigenvalue weighted by molar-refractivity contribution is 5.83. The van der Waals surface area contributed by atoms with Crippen LogP contribution in [0.2, 0.25) is 0 Å². The maximum atomic E-state index is 10.4. The molecule has 0 heterocycles. The molecule has 1 aromatic rings. The summed E-state index contributed by atoms with van der Waals surface area (Å²) in [6.07, 6.45) is 6.30. The zero-order chi connectivity index (χ0) is 13.4. The van der Waals surface area contributed by atoms with Crippen LogP contribution in [0.1, 0.15) is 5.56 Å². The highest BCUT2D eigenvalue weighted by Crippen LogP contribution is 2.09. The third-order valence-electron chi connectivity index (χ3n) is 1.97. The largest absolute Gasteiger partial charge is 0.478 e. The van der Waals surface area contributed by atoms with E-state index in [1.807, 2.05) is 30.3 Å². The molecule has 0 aliphatic rings. The number of carboxylic acid groups (broad SMARTS) is 2. The first-order valence-electron chi connectivity index (χ1n) is 5.16. The summed E-state index contributed by atoms with van der Waals surface area (Å²) in [5.74, 6) is -2.17. The molecular weight excluding hydrogens is 232 g/mol. The molecule has 2 N–H and O–H groups in total. The lowest BCUT2D eigenvalue weighted by atomic mass is 10.1. The van der Waals surface area contributed by atoms with Crippen LogP contribution in [0.5, 0.6) is 0 Å². The predicted octanol–water partition coefficient (Wildman–Crippen LogP) is 2.35. The van der Waals surface area contributed by atoms with E-state index in [4.69, 9.17) is 10.2 Å². The summed E-state index contributed by atoms with van der Waals surface area (Å²) in [5.41, 5.74) is 1.35. The minimum atomic E-state index is -1.09. The zero-order valence-electron chi connectivity index (χ0n) is 9.48. The average Bonchev–Trinajstić information content (AvgIpc) is 2.33. The molecule has 4 nitrogen and oxygen atoms in total. The van der Waals surface area contributed by atoms with Gasteiger partial charge in [-0.1, -0.05) is 30.3 Å². The van der Waals surface area contributed by atoms with Crippen LogP contribution in [0.25, 0.3) is 6.08 Å². The normalized spacial score (nSPS) is 10.7. The van der Waals surface area contributed by atoms with E-state index in [2.05, 4.69) is 0 Å². The van der Waals surface area contributed by atoms with Gasteiger partial charge in [0.2, 0.25) is 0 Å². The van der Waals surface area contributed by atoms with Gasteiger partial charge < -0.3 is 10.2 Å². The summed E-state index contributed by atoms with van der Waals surface area (Å²) in [5, 5.41) is 17.1. The van der Waals surface area contributed by atoms with E-state index in [9.17, 15) is 9.59 Å². The van der Waals surface area contributed by atoms with Crippen LogP contribution < -0.4 is 0 Å². The number of carboxylic acids is 2. The minimum absolute atomic E-state index is 0.492. The summed E-state index contributed by atoms with van der Waals surface area (Å²) < 4.78 is 0. The molecule has 0 bridgehead atoms. The van der Waals surface area contributed by atoms with Crippen LogP contribution in [-0.4, -0.2) is 22.2 Å². The molecule has 92 valence electrons. The van der Waals surface area contributed by atoms with Gasteiger partial charge in [0, 0.05) is 12.2 Å².